The van der Waals surface area contributed by atoms with Crippen molar-refractivity contribution in [1.82, 2.24) is 0 Å². The molecule has 2 aliphatic rings. The molecule has 0 unspecified atom stereocenters. The molecule has 2 fully saturated rings. The van der Waals surface area contributed by atoms with Crippen LogP contribution in [0.2, 0.25) is 0 Å². The van der Waals surface area contributed by atoms with Crippen molar-refractivity contribution in [3.63, 3.8) is 0 Å². The first-order valence-corrected chi connectivity index (χ1v) is 9.65. The van der Waals surface area contributed by atoms with Crippen LogP contribution in [0, 0.1) is 16.7 Å². The summed E-state index contributed by atoms with van der Waals surface area (Å²) < 4.78 is 12.3. The van der Waals surface area contributed by atoms with Gasteiger partial charge in [0.1, 0.15) is 6.54 Å². The second kappa shape index (κ2) is 6.95. The zero-order valence-electron chi connectivity index (χ0n) is 16.9. The van der Waals surface area contributed by atoms with E-state index in [0.29, 0.717) is 34.6 Å². The first-order valence-electron chi connectivity index (χ1n) is 9.65. The number of nitrogens with zero attached hydrogens (tertiary/aromatic N) is 1. The Balaban J connectivity index is 1.78. The quantitative estimate of drug-likeness (QED) is 0.500. The van der Waals surface area contributed by atoms with Gasteiger partial charge in [-0.05, 0) is 49.4 Å². The Kier molecular flexibility index (Phi) is 5.71. The van der Waals surface area contributed by atoms with Crippen LogP contribution in [0.4, 0.5) is 0 Å². The number of ether oxygens (including phenoxy) is 2. The van der Waals surface area contributed by atoms with Gasteiger partial charge in [0.25, 0.3) is 0 Å². The zero-order chi connectivity index (χ0) is 18.2. The van der Waals surface area contributed by atoms with Gasteiger partial charge in [-0.1, -0.05) is 27.7 Å². The van der Waals surface area contributed by atoms with E-state index in [0.717, 1.165) is 18.9 Å². The van der Waals surface area contributed by atoms with Gasteiger partial charge in [0, 0.05) is 0 Å². The Bertz CT molecular complexity index is 460. The third kappa shape index (κ3) is 3.80. The van der Waals surface area contributed by atoms with Gasteiger partial charge in [-0.15, -0.1) is 0 Å². The number of carbonyl (C=O) groups excluding carboxylic acids is 1. The van der Waals surface area contributed by atoms with Gasteiger partial charge in [0.05, 0.1) is 32.9 Å². The van der Waals surface area contributed by atoms with Gasteiger partial charge < -0.3 is 14.0 Å². The summed E-state index contributed by atoms with van der Waals surface area (Å²) in [7, 11) is 4.15. The molecular weight excluding hydrogens is 302 g/mol. The lowest BCUT2D eigenvalue weighted by Crippen LogP contribution is -2.48. The minimum Gasteiger partial charge on any atom is -0.459 e. The molecule has 2 bridgehead atoms. The number of fused-ring (bicyclic) bond motifs is 2. The smallest absolute Gasteiger partial charge is 0.362 e. The van der Waals surface area contributed by atoms with Crippen molar-refractivity contribution in [2.24, 2.45) is 16.7 Å². The van der Waals surface area contributed by atoms with E-state index in [9.17, 15) is 4.79 Å². The molecular formula is C20H38NO3+. The van der Waals surface area contributed by atoms with Gasteiger partial charge >= 0.3 is 5.97 Å². The molecule has 2 aliphatic carbocycles. The minimum absolute atomic E-state index is 0.00460. The summed E-state index contributed by atoms with van der Waals surface area (Å²) >= 11 is 0. The molecule has 0 radical (unpaired) electrons. The molecule has 0 saturated heterocycles. The summed E-state index contributed by atoms with van der Waals surface area (Å²) in [6.45, 7) is 13.2. The first-order chi connectivity index (χ1) is 11.0. The molecule has 4 heteroatoms. The van der Waals surface area contributed by atoms with Crippen LogP contribution in [-0.4, -0.2) is 56.5 Å². The van der Waals surface area contributed by atoms with Crippen LogP contribution in [0.3, 0.4) is 0 Å². The second-order valence-corrected chi connectivity index (χ2v) is 9.50. The van der Waals surface area contributed by atoms with E-state index in [1.807, 2.05) is 13.8 Å². The summed E-state index contributed by atoms with van der Waals surface area (Å²) in [5.74, 6) is 0.697. The van der Waals surface area contributed by atoms with Crippen LogP contribution in [0.25, 0.3) is 0 Å². The summed E-state index contributed by atoms with van der Waals surface area (Å²) in [5.41, 5.74) is 0.701. The van der Waals surface area contributed by atoms with Crippen LogP contribution < -0.4 is 0 Å². The lowest BCUT2D eigenvalue weighted by atomic mass is 9.70. The maximum atomic E-state index is 12.0. The molecule has 4 atom stereocenters. The Hall–Kier alpha value is -0.610. The predicted octanol–water partition coefficient (Wildman–Crippen LogP) is 3.64. The monoisotopic (exact) mass is 340 g/mol. The largest absolute Gasteiger partial charge is 0.459 e. The molecule has 0 spiro atoms. The van der Waals surface area contributed by atoms with Crippen molar-refractivity contribution in [3.8, 4) is 0 Å². The summed E-state index contributed by atoms with van der Waals surface area (Å²) in [6, 6.07) is 0. The molecule has 2 rings (SSSR count). The highest BCUT2D eigenvalue weighted by atomic mass is 16.5. The number of carbonyl (C=O) groups is 1. The molecule has 0 aliphatic heterocycles. The van der Waals surface area contributed by atoms with Crippen molar-refractivity contribution in [3.05, 3.63) is 0 Å². The molecule has 140 valence electrons. The Morgan fingerprint density at radius 2 is 1.96 bits per heavy atom. The predicted molar refractivity (Wildman–Crippen MR) is 96.7 cm³/mol. The van der Waals surface area contributed by atoms with E-state index in [1.54, 1.807) is 0 Å². The van der Waals surface area contributed by atoms with Gasteiger partial charge in [-0.2, -0.15) is 0 Å². The van der Waals surface area contributed by atoms with Crippen LogP contribution in [0.1, 0.15) is 60.3 Å². The number of quaternary nitrogens is 1. The van der Waals surface area contributed by atoms with Gasteiger partial charge in [0.2, 0.25) is 0 Å². The van der Waals surface area contributed by atoms with Crippen LogP contribution in [0.15, 0.2) is 0 Å². The van der Waals surface area contributed by atoms with Crippen molar-refractivity contribution in [2.75, 3.05) is 33.8 Å². The fourth-order valence-electron chi connectivity index (χ4n) is 4.60. The average molecular weight is 341 g/mol. The van der Waals surface area contributed by atoms with Crippen LogP contribution in [0.5, 0.6) is 0 Å². The minimum atomic E-state index is -0.109. The fraction of sp³-hybridized carbons (Fsp3) is 0.950. The molecule has 0 heterocycles. The molecule has 0 aromatic carbocycles. The molecule has 2 saturated carbocycles. The molecule has 0 amide bonds. The highest BCUT2D eigenvalue weighted by Crippen LogP contribution is 2.66. The highest BCUT2D eigenvalue weighted by molar-refractivity contribution is 5.70. The Morgan fingerprint density at radius 1 is 1.29 bits per heavy atom. The maximum absolute atomic E-state index is 12.0. The topological polar surface area (TPSA) is 35.5 Å². The van der Waals surface area contributed by atoms with E-state index < -0.39 is 0 Å². The first kappa shape index (κ1) is 19.7. The summed E-state index contributed by atoms with van der Waals surface area (Å²) in [5, 5.41) is 0. The van der Waals surface area contributed by atoms with Gasteiger partial charge in [-0.25, -0.2) is 4.79 Å². The zero-order valence-corrected chi connectivity index (χ0v) is 16.9. The second-order valence-electron chi connectivity index (χ2n) is 9.50. The fourth-order valence-corrected chi connectivity index (χ4v) is 4.60. The molecule has 0 aromatic rings. The third-order valence-corrected chi connectivity index (χ3v) is 7.19. The molecule has 0 aromatic heterocycles. The van der Waals surface area contributed by atoms with Crippen LogP contribution in [-0.2, 0) is 14.3 Å². The number of likely N-dealkylation sites (N-methyl/N-ethyl adjacent to an activating group) is 1. The van der Waals surface area contributed by atoms with Crippen molar-refractivity contribution >= 4 is 5.97 Å². The van der Waals surface area contributed by atoms with E-state index in [-0.39, 0.29) is 12.1 Å². The standard InChI is InChI=1S/C20H38NO3/c1-8-15(2)24-18(22)14-21(6,7)11-12-23-17-13-16-9-10-20(17,5)19(16,3)4/h15-17H,8-14H2,1-7H3/q+1/t15-,16+,17+,20+/m1/s1. The number of hydrogen-bond donors (Lipinski definition) is 0. The van der Waals surface area contributed by atoms with Crippen molar-refractivity contribution in [1.29, 1.82) is 0 Å². The number of hydrogen-bond acceptors (Lipinski definition) is 3. The SMILES string of the molecule is CC[C@@H](C)OC(=O)C[N+](C)(C)CCO[C@H]1C[C@@H]2CC[C@]1(C)C2(C)C. The summed E-state index contributed by atoms with van der Waals surface area (Å²) in [6.07, 6.45) is 5.08. The Morgan fingerprint density at radius 3 is 2.46 bits per heavy atom. The lowest BCUT2D eigenvalue weighted by Gasteiger charge is -2.39. The number of esters is 1. The van der Waals surface area contributed by atoms with E-state index in [4.69, 9.17) is 9.47 Å². The van der Waals surface area contributed by atoms with Crippen LogP contribution >= 0.6 is 0 Å². The molecule has 24 heavy (non-hydrogen) atoms. The van der Waals surface area contributed by atoms with E-state index in [2.05, 4.69) is 34.9 Å². The molecule has 0 N–H and O–H groups in total. The lowest BCUT2D eigenvalue weighted by molar-refractivity contribution is -0.883. The average Bonchev–Trinajstić information content (AvgIpc) is 2.79. The normalized spacial score (nSPS) is 32.8. The van der Waals surface area contributed by atoms with Crippen molar-refractivity contribution < 1.29 is 18.8 Å². The summed E-state index contributed by atoms with van der Waals surface area (Å²) in [4.78, 5) is 12.0. The highest BCUT2D eigenvalue weighted by Gasteiger charge is 2.61. The maximum Gasteiger partial charge on any atom is 0.362 e. The van der Waals surface area contributed by atoms with E-state index in [1.165, 1.54) is 19.3 Å². The van der Waals surface area contributed by atoms with E-state index >= 15 is 0 Å². The Labute approximate surface area is 148 Å². The van der Waals surface area contributed by atoms with Crippen molar-refractivity contribution in [2.45, 2.75) is 72.5 Å². The molecule has 4 nitrogen and oxygen atoms in total. The third-order valence-electron chi connectivity index (χ3n) is 7.19. The number of rotatable bonds is 8. The van der Waals surface area contributed by atoms with Gasteiger partial charge in [0.15, 0.2) is 6.54 Å². The van der Waals surface area contributed by atoms with Gasteiger partial charge in [-0.3, -0.25) is 0 Å².